The summed E-state index contributed by atoms with van der Waals surface area (Å²) in [6.45, 7) is 3.24. The van der Waals surface area contributed by atoms with Crippen LogP contribution in [0.1, 0.15) is 15.9 Å². The van der Waals surface area contributed by atoms with Gasteiger partial charge in [0.15, 0.2) is 11.4 Å². The van der Waals surface area contributed by atoms with E-state index in [4.69, 9.17) is 10.5 Å². The first-order valence-corrected chi connectivity index (χ1v) is 11.9. The maximum atomic E-state index is 12.8. The molecule has 0 bridgehead atoms. The van der Waals surface area contributed by atoms with E-state index in [2.05, 4.69) is 27.3 Å². The molecule has 0 spiro atoms. The number of nitrogens with one attached hydrogen (secondary N) is 1. The lowest BCUT2D eigenvalue weighted by molar-refractivity contribution is -0.113. The summed E-state index contributed by atoms with van der Waals surface area (Å²) >= 11 is 0. The van der Waals surface area contributed by atoms with E-state index in [-0.39, 0.29) is 5.91 Å². The molecule has 1 aliphatic heterocycles. The van der Waals surface area contributed by atoms with Crippen LogP contribution in [0.3, 0.4) is 0 Å². The summed E-state index contributed by atoms with van der Waals surface area (Å²) in [6, 6.07) is 18.2. The molecule has 188 valence electrons. The molecule has 3 N–H and O–H groups in total. The topological polar surface area (TPSA) is 118 Å². The molecule has 2 amide bonds. The monoisotopic (exact) mass is 497 g/mol. The summed E-state index contributed by atoms with van der Waals surface area (Å²) in [7, 11) is 2.06. The number of likely N-dealkylation sites (N-methyl/N-ethyl adjacent to an activating group) is 1. The lowest BCUT2D eigenvalue weighted by Crippen LogP contribution is -2.47. The summed E-state index contributed by atoms with van der Waals surface area (Å²) in [4.78, 5) is 32.5. The summed E-state index contributed by atoms with van der Waals surface area (Å²) < 4.78 is 7.69. The zero-order valence-corrected chi connectivity index (χ0v) is 20.4. The van der Waals surface area contributed by atoms with Gasteiger partial charge < -0.3 is 25.6 Å². The van der Waals surface area contributed by atoms with Crippen LogP contribution in [0, 0.1) is 0 Å². The lowest BCUT2D eigenvalue weighted by Gasteiger charge is -2.32. The third kappa shape index (κ3) is 5.76. The number of piperazine rings is 1. The van der Waals surface area contributed by atoms with Crippen LogP contribution in [-0.2, 0) is 4.79 Å². The summed E-state index contributed by atoms with van der Waals surface area (Å²) in [5.41, 5.74) is 7.91. The molecule has 1 saturated heterocycles. The first-order valence-electron chi connectivity index (χ1n) is 11.9. The Morgan fingerprint density at radius 2 is 1.81 bits per heavy atom. The molecular weight excluding hydrogens is 470 g/mol. The van der Waals surface area contributed by atoms with E-state index in [1.165, 1.54) is 6.08 Å². The lowest BCUT2D eigenvalue weighted by atomic mass is 10.1. The average molecular weight is 498 g/mol. The van der Waals surface area contributed by atoms with Gasteiger partial charge in [0.05, 0.1) is 0 Å². The van der Waals surface area contributed by atoms with Gasteiger partial charge in [-0.1, -0.05) is 12.1 Å². The van der Waals surface area contributed by atoms with Gasteiger partial charge in [-0.15, -0.1) is 5.10 Å². The summed E-state index contributed by atoms with van der Waals surface area (Å²) in [6.07, 6.45) is 4.70. The molecule has 0 radical (unpaired) electrons. The van der Waals surface area contributed by atoms with Gasteiger partial charge in [-0.05, 0) is 67.2 Å². The number of hydrogen-bond donors (Lipinski definition) is 2. The average Bonchev–Trinajstić information content (AvgIpc) is 3.32. The highest BCUT2D eigenvalue weighted by molar-refractivity contribution is 5.94. The van der Waals surface area contributed by atoms with Crippen molar-refractivity contribution in [2.75, 3.05) is 38.5 Å². The van der Waals surface area contributed by atoms with E-state index < -0.39 is 5.91 Å². The molecule has 4 aromatic rings. The Morgan fingerprint density at radius 1 is 1.03 bits per heavy atom. The van der Waals surface area contributed by atoms with Gasteiger partial charge in [-0.3, -0.25) is 9.59 Å². The normalized spacial score (nSPS) is 14.2. The zero-order chi connectivity index (χ0) is 25.8. The fourth-order valence-electron chi connectivity index (χ4n) is 4.02. The predicted molar refractivity (Wildman–Crippen MR) is 141 cm³/mol. The van der Waals surface area contributed by atoms with E-state index >= 15 is 0 Å². The second-order valence-corrected chi connectivity index (χ2v) is 8.78. The molecule has 0 unspecified atom stereocenters. The number of fused-ring (bicyclic) bond motifs is 1. The van der Waals surface area contributed by atoms with Crippen LogP contribution in [0.4, 0.5) is 11.6 Å². The Morgan fingerprint density at radius 3 is 2.57 bits per heavy atom. The Balaban J connectivity index is 1.29. The second-order valence-electron chi connectivity index (χ2n) is 8.78. The van der Waals surface area contributed by atoms with Gasteiger partial charge in [-0.2, -0.15) is 4.98 Å². The zero-order valence-electron chi connectivity index (χ0n) is 20.4. The van der Waals surface area contributed by atoms with Gasteiger partial charge in [0.1, 0.15) is 5.75 Å². The smallest absolute Gasteiger partial charge is 0.253 e. The minimum Gasteiger partial charge on any atom is -0.453 e. The van der Waals surface area contributed by atoms with Gasteiger partial charge >= 0.3 is 0 Å². The highest BCUT2D eigenvalue weighted by Crippen LogP contribution is 2.27. The van der Waals surface area contributed by atoms with Crippen molar-refractivity contribution in [1.29, 1.82) is 0 Å². The van der Waals surface area contributed by atoms with Crippen molar-refractivity contribution < 1.29 is 14.3 Å². The predicted octanol–water partition coefficient (Wildman–Crippen LogP) is 3.15. The molecule has 37 heavy (non-hydrogen) atoms. The number of nitrogens with two attached hydrogens (primary N) is 1. The molecular formula is C27H27N7O3. The number of aromatic nitrogens is 3. The van der Waals surface area contributed by atoms with Crippen LogP contribution in [0.2, 0.25) is 0 Å². The van der Waals surface area contributed by atoms with E-state index in [9.17, 15) is 9.59 Å². The van der Waals surface area contributed by atoms with Crippen LogP contribution in [-0.4, -0.2) is 69.4 Å². The number of carbonyl (C=O) groups excluding carboxylic acids is 2. The molecule has 5 rings (SSSR count). The number of pyridine rings is 1. The van der Waals surface area contributed by atoms with Crippen molar-refractivity contribution in [3.63, 3.8) is 0 Å². The third-order valence-corrected chi connectivity index (χ3v) is 6.03. The Kier molecular flexibility index (Phi) is 6.82. The number of carbonyl (C=O) groups is 2. The largest absolute Gasteiger partial charge is 0.453 e. The van der Waals surface area contributed by atoms with E-state index in [0.29, 0.717) is 28.7 Å². The number of rotatable bonds is 7. The van der Waals surface area contributed by atoms with Crippen molar-refractivity contribution in [3.8, 4) is 11.5 Å². The van der Waals surface area contributed by atoms with Gasteiger partial charge in [0.2, 0.25) is 11.9 Å². The van der Waals surface area contributed by atoms with Gasteiger partial charge in [0.25, 0.3) is 5.91 Å². The summed E-state index contributed by atoms with van der Waals surface area (Å²) in [5, 5.41) is 7.68. The van der Waals surface area contributed by atoms with Crippen LogP contribution in [0.15, 0.2) is 72.9 Å². The SMILES string of the molecule is CN1CCN(C(=O)c2ccc(Nc3nc4c(Oc5cccc(C=CC(N)=O)c5)cccn4n3)cc2)CC1. The standard InChI is InChI=1S/C27H27N7O3/c1-32-14-16-33(17-15-32)26(36)20-8-10-21(11-9-20)29-27-30-25-23(6-3-13-34(25)31-27)37-22-5-2-4-19(18-22)7-12-24(28)35/h2-13,18H,14-17H2,1H3,(H2,28,35)(H,29,31). The number of ether oxygens (including phenoxy) is 1. The van der Waals surface area contributed by atoms with Crippen molar-refractivity contribution in [2.24, 2.45) is 5.73 Å². The van der Waals surface area contributed by atoms with Crippen molar-refractivity contribution in [2.45, 2.75) is 0 Å². The molecule has 10 nitrogen and oxygen atoms in total. The van der Waals surface area contributed by atoms with Crippen molar-refractivity contribution in [3.05, 3.63) is 84.1 Å². The summed E-state index contributed by atoms with van der Waals surface area (Å²) in [5.74, 6) is 1.02. The number of primary amides is 1. The number of amides is 2. The minimum absolute atomic E-state index is 0.0430. The van der Waals surface area contributed by atoms with Gasteiger partial charge in [0, 0.05) is 49.7 Å². The second kappa shape index (κ2) is 10.5. The van der Waals surface area contributed by atoms with Crippen molar-refractivity contribution in [1.82, 2.24) is 24.4 Å². The highest BCUT2D eigenvalue weighted by atomic mass is 16.5. The van der Waals surface area contributed by atoms with Gasteiger partial charge in [-0.25, -0.2) is 4.52 Å². The minimum atomic E-state index is -0.518. The molecule has 3 heterocycles. The number of benzene rings is 2. The Labute approximate surface area is 214 Å². The van der Waals surface area contributed by atoms with E-state index in [1.807, 2.05) is 53.4 Å². The number of nitrogens with zero attached hydrogens (tertiary/aromatic N) is 5. The Hall–Kier alpha value is -4.70. The van der Waals surface area contributed by atoms with Crippen LogP contribution in [0.5, 0.6) is 11.5 Å². The molecule has 0 aliphatic carbocycles. The molecule has 1 aliphatic rings. The highest BCUT2D eigenvalue weighted by Gasteiger charge is 2.20. The molecule has 0 atom stereocenters. The van der Waals surface area contributed by atoms with E-state index in [0.717, 1.165) is 37.4 Å². The molecule has 2 aromatic carbocycles. The van der Waals surface area contributed by atoms with Crippen LogP contribution >= 0.6 is 0 Å². The first kappa shape index (κ1) is 24.0. The number of hydrogen-bond acceptors (Lipinski definition) is 7. The molecule has 10 heteroatoms. The fraction of sp³-hybridized carbons (Fsp3) is 0.185. The van der Waals surface area contributed by atoms with Crippen LogP contribution in [0.25, 0.3) is 11.7 Å². The van der Waals surface area contributed by atoms with Crippen LogP contribution < -0.4 is 15.8 Å². The molecule has 1 fully saturated rings. The quantitative estimate of drug-likeness (QED) is 0.377. The maximum Gasteiger partial charge on any atom is 0.253 e. The van der Waals surface area contributed by atoms with Crippen molar-refractivity contribution >= 4 is 35.2 Å². The fourth-order valence-corrected chi connectivity index (χ4v) is 4.02. The maximum absolute atomic E-state index is 12.8. The Bertz CT molecular complexity index is 1450. The molecule has 0 saturated carbocycles. The molecule has 2 aromatic heterocycles. The third-order valence-electron chi connectivity index (χ3n) is 6.03. The first-order chi connectivity index (χ1) is 17.9. The number of anilines is 2. The van der Waals surface area contributed by atoms with E-state index in [1.54, 1.807) is 28.9 Å².